The standard InChI is InChI=1S/C18H27NO2S/c1-4-21-17(20)12-9-14-7-10-15(11-8-14)18(19(2)3)16-6-5-13-22-16/h5-6,9,12-15,18H,4,7-8,10-11H2,1-3H3. The molecule has 1 aliphatic rings. The Hall–Kier alpha value is -1.13. The highest BCUT2D eigenvalue weighted by Gasteiger charge is 2.29. The fourth-order valence-electron chi connectivity index (χ4n) is 3.43. The summed E-state index contributed by atoms with van der Waals surface area (Å²) in [4.78, 5) is 15.2. The quantitative estimate of drug-likeness (QED) is 0.578. The topological polar surface area (TPSA) is 29.5 Å². The summed E-state index contributed by atoms with van der Waals surface area (Å²) in [6.45, 7) is 2.28. The molecule has 22 heavy (non-hydrogen) atoms. The molecule has 1 fully saturated rings. The molecular weight excluding hydrogens is 294 g/mol. The van der Waals surface area contributed by atoms with Crippen LogP contribution in [-0.2, 0) is 9.53 Å². The molecular formula is C18H27NO2S. The smallest absolute Gasteiger partial charge is 0.330 e. The van der Waals surface area contributed by atoms with Gasteiger partial charge in [-0.1, -0.05) is 12.1 Å². The molecule has 2 rings (SSSR count). The molecule has 1 heterocycles. The zero-order valence-corrected chi connectivity index (χ0v) is 14.6. The number of hydrogen-bond donors (Lipinski definition) is 0. The lowest BCUT2D eigenvalue weighted by Crippen LogP contribution is -2.29. The van der Waals surface area contributed by atoms with Crippen molar-refractivity contribution in [1.82, 2.24) is 4.90 Å². The molecule has 3 nitrogen and oxygen atoms in total. The summed E-state index contributed by atoms with van der Waals surface area (Å²) in [7, 11) is 4.36. The number of rotatable bonds is 6. The lowest BCUT2D eigenvalue weighted by molar-refractivity contribution is -0.137. The van der Waals surface area contributed by atoms with Crippen molar-refractivity contribution < 1.29 is 9.53 Å². The Morgan fingerprint density at radius 1 is 1.41 bits per heavy atom. The van der Waals surface area contributed by atoms with Crippen LogP contribution in [-0.4, -0.2) is 31.6 Å². The molecule has 1 unspecified atom stereocenters. The van der Waals surface area contributed by atoms with Gasteiger partial charge in [-0.05, 0) is 70.0 Å². The highest BCUT2D eigenvalue weighted by atomic mass is 32.1. The van der Waals surface area contributed by atoms with Crippen molar-refractivity contribution in [3.05, 3.63) is 34.5 Å². The highest BCUT2D eigenvalue weighted by molar-refractivity contribution is 7.10. The number of allylic oxidation sites excluding steroid dienone is 1. The third-order valence-corrected chi connectivity index (χ3v) is 5.39. The highest BCUT2D eigenvalue weighted by Crippen LogP contribution is 2.40. The Morgan fingerprint density at radius 3 is 2.68 bits per heavy atom. The average Bonchev–Trinajstić information content (AvgIpc) is 3.00. The van der Waals surface area contributed by atoms with Gasteiger partial charge in [-0.15, -0.1) is 11.3 Å². The average molecular weight is 321 g/mol. The predicted octanol–water partition coefficient (Wildman–Crippen LogP) is 4.28. The van der Waals surface area contributed by atoms with E-state index in [1.165, 1.54) is 17.7 Å². The second-order valence-corrected chi connectivity index (χ2v) is 7.19. The van der Waals surface area contributed by atoms with Crippen LogP contribution in [0.25, 0.3) is 0 Å². The minimum atomic E-state index is -0.214. The first kappa shape index (κ1) is 17.2. The van der Waals surface area contributed by atoms with E-state index in [1.54, 1.807) is 6.08 Å². The lowest BCUT2D eigenvalue weighted by atomic mass is 9.77. The Bertz CT molecular complexity index is 473. The van der Waals surface area contributed by atoms with Crippen LogP contribution < -0.4 is 0 Å². The molecule has 0 bridgehead atoms. The van der Waals surface area contributed by atoms with Gasteiger partial charge in [-0.2, -0.15) is 0 Å². The third-order valence-electron chi connectivity index (χ3n) is 4.45. The van der Waals surface area contributed by atoms with Gasteiger partial charge in [0.2, 0.25) is 0 Å². The summed E-state index contributed by atoms with van der Waals surface area (Å²) in [5.74, 6) is 1.02. The maximum absolute atomic E-state index is 11.4. The summed E-state index contributed by atoms with van der Waals surface area (Å²) in [6, 6.07) is 4.92. The molecule has 0 N–H and O–H groups in total. The molecule has 0 amide bonds. The first-order valence-electron chi connectivity index (χ1n) is 8.16. The maximum Gasteiger partial charge on any atom is 0.330 e. The fraction of sp³-hybridized carbons (Fsp3) is 0.611. The fourth-order valence-corrected chi connectivity index (χ4v) is 4.44. The molecule has 122 valence electrons. The van der Waals surface area contributed by atoms with Crippen molar-refractivity contribution in [3.63, 3.8) is 0 Å². The van der Waals surface area contributed by atoms with E-state index in [-0.39, 0.29) is 5.97 Å². The van der Waals surface area contributed by atoms with Crippen LogP contribution in [0.4, 0.5) is 0 Å². The van der Waals surface area contributed by atoms with Gasteiger partial charge in [0.15, 0.2) is 0 Å². The molecule has 4 heteroatoms. The molecule has 0 spiro atoms. The van der Waals surface area contributed by atoms with Crippen molar-refractivity contribution in [2.75, 3.05) is 20.7 Å². The van der Waals surface area contributed by atoms with Crippen LogP contribution in [0.2, 0.25) is 0 Å². The van der Waals surface area contributed by atoms with Crippen LogP contribution in [0, 0.1) is 11.8 Å². The summed E-state index contributed by atoms with van der Waals surface area (Å²) >= 11 is 1.86. The van der Waals surface area contributed by atoms with Crippen LogP contribution in [0.1, 0.15) is 43.5 Å². The van der Waals surface area contributed by atoms with E-state index < -0.39 is 0 Å². The lowest BCUT2D eigenvalue weighted by Gasteiger charge is -2.36. The Kier molecular flexibility index (Phi) is 6.65. The van der Waals surface area contributed by atoms with E-state index in [4.69, 9.17) is 4.74 Å². The maximum atomic E-state index is 11.4. The number of nitrogens with zero attached hydrogens (tertiary/aromatic N) is 1. The van der Waals surface area contributed by atoms with Gasteiger partial charge in [0.25, 0.3) is 0 Å². The molecule has 1 aromatic rings. The van der Waals surface area contributed by atoms with Gasteiger partial charge in [-0.25, -0.2) is 4.79 Å². The van der Waals surface area contributed by atoms with Gasteiger partial charge < -0.3 is 9.64 Å². The zero-order valence-electron chi connectivity index (χ0n) is 13.8. The van der Waals surface area contributed by atoms with Crippen molar-refractivity contribution >= 4 is 17.3 Å². The normalized spacial score (nSPS) is 23.8. The molecule has 1 atom stereocenters. The minimum absolute atomic E-state index is 0.214. The summed E-state index contributed by atoms with van der Waals surface area (Å²) in [6.07, 6.45) is 8.42. The van der Waals surface area contributed by atoms with Gasteiger partial charge in [0, 0.05) is 17.0 Å². The molecule has 1 aromatic heterocycles. The monoisotopic (exact) mass is 321 g/mol. The molecule has 0 saturated heterocycles. The molecule has 0 aromatic carbocycles. The first-order valence-corrected chi connectivity index (χ1v) is 9.04. The molecule has 0 radical (unpaired) electrons. The second-order valence-electron chi connectivity index (χ2n) is 6.21. The number of hydrogen-bond acceptors (Lipinski definition) is 4. The van der Waals surface area contributed by atoms with E-state index >= 15 is 0 Å². The van der Waals surface area contributed by atoms with E-state index in [9.17, 15) is 4.79 Å². The summed E-state index contributed by atoms with van der Waals surface area (Å²) in [5.41, 5.74) is 0. The molecule has 1 aliphatic carbocycles. The third kappa shape index (κ3) is 4.68. The number of thiophene rings is 1. The van der Waals surface area contributed by atoms with Crippen molar-refractivity contribution in [3.8, 4) is 0 Å². The van der Waals surface area contributed by atoms with Gasteiger partial charge in [0.05, 0.1) is 6.61 Å². The largest absolute Gasteiger partial charge is 0.463 e. The van der Waals surface area contributed by atoms with E-state index in [2.05, 4.69) is 36.5 Å². The predicted molar refractivity (Wildman–Crippen MR) is 92.0 cm³/mol. The van der Waals surface area contributed by atoms with E-state index in [1.807, 2.05) is 24.3 Å². The summed E-state index contributed by atoms with van der Waals surface area (Å²) < 4.78 is 4.94. The minimum Gasteiger partial charge on any atom is -0.463 e. The summed E-state index contributed by atoms with van der Waals surface area (Å²) in [5, 5.41) is 2.17. The zero-order chi connectivity index (χ0) is 15.9. The van der Waals surface area contributed by atoms with Crippen LogP contribution in [0.15, 0.2) is 29.7 Å². The number of carbonyl (C=O) groups excluding carboxylic acids is 1. The molecule has 1 saturated carbocycles. The van der Waals surface area contributed by atoms with Crippen molar-refractivity contribution in [1.29, 1.82) is 0 Å². The SMILES string of the molecule is CCOC(=O)C=CC1CCC(C(c2cccs2)N(C)C)CC1. The van der Waals surface area contributed by atoms with Crippen LogP contribution >= 0.6 is 11.3 Å². The van der Waals surface area contributed by atoms with Crippen molar-refractivity contribution in [2.45, 2.75) is 38.6 Å². The number of carbonyl (C=O) groups is 1. The van der Waals surface area contributed by atoms with Crippen LogP contribution in [0.3, 0.4) is 0 Å². The number of esters is 1. The number of ether oxygens (including phenoxy) is 1. The van der Waals surface area contributed by atoms with E-state index in [0.717, 1.165) is 12.8 Å². The first-order chi connectivity index (χ1) is 10.6. The van der Waals surface area contributed by atoms with Crippen molar-refractivity contribution in [2.24, 2.45) is 11.8 Å². The Morgan fingerprint density at radius 2 is 2.14 bits per heavy atom. The van der Waals surface area contributed by atoms with Gasteiger partial charge in [0.1, 0.15) is 0 Å². The van der Waals surface area contributed by atoms with Crippen LogP contribution in [0.5, 0.6) is 0 Å². The van der Waals surface area contributed by atoms with Gasteiger partial charge >= 0.3 is 5.97 Å². The van der Waals surface area contributed by atoms with E-state index in [0.29, 0.717) is 24.5 Å². The molecule has 0 aliphatic heterocycles. The second kappa shape index (κ2) is 8.49. The Labute approximate surface area is 138 Å². The van der Waals surface area contributed by atoms with Gasteiger partial charge in [-0.3, -0.25) is 0 Å². The Balaban J connectivity index is 1.89.